The van der Waals surface area contributed by atoms with Crippen LogP contribution in [-0.2, 0) is 14.3 Å². The van der Waals surface area contributed by atoms with Crippen molar-refractivity contribution < 1.29 is 23.8 Å². The Hall–Kier alpha value is -3.41. The Morgan fingerprint density at radius 1 is 0.973 bits per heavy atom. The highest BCUT2D eigenvalue weighted by Gasteiger charge is 2.34. The number of carbonyl (C=O) groups is 2. The zero-order valence-electron chi connectivity index (χ0n) is 21.8. The molecule has 2 aromatic rings. The lowest BCUT2D eigenvalue weighted by molar-refractivity contribution is -0.150. The molecule has 2 heterocycles. The standard InChI is InChI=1S/C29H35N3O5/c1-31-19-26-25(35-3)13-12-23(37-26)14-15-36-28-21(17-30)10-7-11-24(28)29(34)32(2)18-22(16-27(31)33)20-8-5-4-6-9-20/h4-11,22-23,25-26H,12-16,18-19H2,1-3H3/t22-,23+,25-,26+/m1/s1. The van der Waals surface area contributed by atoms with Crippen molar-refractivity contribution in [3.05, 3.63) is 65.2 Å². The van der Waals surface area contributed by atoms with Crippen LogP contribution in [0.25, 0.3) is 0 Å². The van der Waals surface area contributed by atoms with Crippen LogP contribution in [0.2, 0.25) is 0 Å². The normalized spacial score (nSPS) is 25.7. The Labute approximate surface area is 218 Å². The van der Waals surface area contributed by atoms with Gasteiger partial charge in [-0.1, -0.05) is 36.4 Å². The summed E-state index contributed by atoms with van der Waals surface area (Å²) in [4.78, 5) is 30.3. The van der Waals surface area contributed by atoms with E-state index in [4.69, 9.17) is 14.2 Å². The molecule has 8 nitrogen and oxygen atoms in total. The Morgan fingerprint density at radius 3 is 2.49 bits per heavy atom. The highest BCUT2D eigenvalue weighted by Crippen LogP contribution is 2.30. The van der Waals surface area contributed by atoms with Crippen LogP contribution in [0, 0.1) is 11.3 Å². The number of nitrogens with zero attached hydrogens (tertiary/aromatic N) is 3. The molecule has 2 bridgehead atoms. The maximum absolute atomic E-state index is 13.6. The van der Waals surface area contributed by atoms with E-state index in [-0.39, 0.29) is 42.5 Å². The molecule has 0 N–H and O–H groups in total. The third kappa shape index (κ3) is 6.30. The lowest BCUT2D eigenvalue weighted by atomic mass is 9.93. The molecule has 4 atom stereocenters. The van der Waals surface area contributed by atoms with E-state index in [1.54, 1.807) is 49.2 Å². The number of rotatable bonds is 2. The molecular weight excluding hydrogens is 470 g/mol. The molecule has 2 aliphatic heterocycles. The van der Waals surface area contributed by atoms with Gasteiger partial charge in [0.2, 0.25) is 5.91 Å². The van der Waals surface area contributed by atoms with Gasteiger partial charge in [-0.3, -0.25) is 9.59 Å². The number of hydrogen-bond acceptors (Lipinski definition) is 6. The van der Waals surface area contributed by atoms with Crippen LogP contribution in [0.15, 0.2) is 48.5 Å². The Morgan fingerprint density at radius 2 is 1.76 bits per heavy atom. The topological polar surface area (TPSA) is 92.1 Å². The van der Waals surface area contributed by atoms with Crippen molar-refractivity contribution in [3.8, 4) is 11.8 Å². The minimum Gasteiger partial charge on any atom is -0.491 e. The summed E-state index contributed by atoms with van der Waals surface area (Å²) in [6, 6.07) is 17.0. The van der Waals surface area contributed by atoms with E-state index < -0.39 is 0 Å². The van der Waals surface area contributed by atoms with Crippen LogP contribution >= 0.6 is 0 Å². The smallest absolute Gasteiger partial charge is 0.257 e. The fraction of sp³-hybridized carbons (Fsp3) is 0.483. The summed E-state index contributed by atoms with van der Waals surface area (Å²) >= 11 is 0. The van der Waals surface area contributed by atoms with Gasteiger partial charge in [-0.2, -0.15) is 5.26 Å². The average molecular weight is 506 g/mol. The third-order valence-corrected chi connectivity index (χ3v) is 7.32. The predicted octanol–water partition coefficient (Wildman–Crippen LogP) is 3.61. The molecule has 2 amide bonds. The summed E-state index contributed by atoms with van der Waals surface area (Å²) in [5, 5.41) is 9.69. The number of nitriles is 1. The van der Waals surface area contributed by atoms with E-state index in [2.05, 4.69) is 6.07 Å². The summed E-state index contributed by atoms with van der Waals surface area (Å²) in [6.07, 6.45) is 2.07. The van der Waals surface area contributed by atoms with Gasteiger partial charge in [0.15, 0.2) is 0 Å². The lowest BCUT2D eigenvalue weighted by Crippen LogP contribution is -2.48. The van der Waals surface area contributed by atoms with Crippen molar-refractivity contribution >= 4 is 11.8 Å². The van der Waals surface area contributed by atoms with E-state index >= 15 is 0 Å². The van der Waals surface area contributed by atoms with Crippen LogP contribution in [0.1, 0.15) is 53.1 Å². The van der Waals surface area contributed by atoms with Crippen molar-refractivity contribution in [2.24, 2.45) is 0 Å². The summed E-state index contributed by atoms with van der Waals surface area (Å²) in [6.45, 7) is 1.06. The first-order chi connectivity index (χ1) is 17.9. The number of para-hydroxylation sites is 1. The van der Waals surface area contributed by atoms with E-state index in [0.717, 1.165) is 18.4 Å². The number of amides is 2. The first-order valence-corrected chi connectivity index (χ1v) is 12.8. The van der Waals surface area contributed by atoms with Crippen molar-refractivity contribution in [2.75, 3.05) is 40.9 Å². The SMILES string of the molecule is CO[C@@H]1CC[C@H]2CCOc3c(C#N)cccc3C(=O)N(C)C[C@H](c3ccccc3)CC(=O)N(C)C[C@@H]1O2. The second kappa shape index (κ2) is 12.2. The number of hydrogen-bond donors (Lipinski definition) is 0. The predicted molar refractivity (Wildman–Crippen MR) is 138 cm³/mol. The first kappa shape index (κ1) is 26.6. The van der Waals surface area contributed by atoms with Gasteiger partial charge in [0.05, 0.1) is 29.9 Å². The molecule has 0 unspecified atom stereocenters. The van der Waals surface area contributed by atoms with Crippen molar-refractivity contribution in [2.45, 2.75) is 49.9 Å². The molecule has 1 saturated heterocycles. The molecule has 2 aromatic carbocycles. The highest BCUT2D eigenvalue weighted by molar-refractivity contribution is 5.97. The van der Waals surface area contributed by atoms with E-state index in [9.17, 15) is 14.9 Å². The molecular formula is C29H35N3O5. The van der Waals surface area contributed by atoms with Crippen LogP contribution in [0.4, 0.5) is 0 Å². The molecule has 2 aliphatic rings. The van der Waals surface area contributed by atoms with Gasteiger partial charge in [-0.15, -0.1) is 0 Å². The number of benzene rings is 2. The van der Waals surface area contributed by atoms with Gasteiger partial charge < -0.3 is 24.0 Å². The zero-order valence-corrected chi connectivity index (χ0v) is 21.8. The molecule has 0 aliphatic carbocycles. The minimum atomic E-state index is -0.252. The summed E-state index contributed by atoms with van der Waals surface area (Å²) in [5.74, 6) is -0.182. The largest absolute Gasteiger partial charge is 0.491 e. The molecule has 0 aromatic heterocycles. The highest BCUT2D eigenvalue weighted by atomic mass is 16.5. The second-order valence-electron chi connectivity index (χ2n) is 9.85. The third-order valence-electron chi connectivity index (χ3n) is 7.32. The molecule has 0 spiro atoms. The van der Waals surface area contributed by atoms with Gasteiger partial charge in [-0.25, -0.2) is 0 Å². The monoisotopic (exact) mass is 505 g/mol. The zero-order chi connectivity index (χ0) is 26.4. The van der Waals surface area contributed by atoms with Gasteiger partial charge in [0.1, 0.15) is 17.9 Å². The van der Waals surface area contributed by atoms with Gasteiger partial charge in [0, 0.05) is 53.1 Å². The quantitative estimate of drug-likeness (QED) is 0.619. The first-order valence-electron chi connectivity index (χ1n) is 12.8. The summed E-state index contributed by atoms with van der Waals surface area (Å²) in [7, 11) is 5.20. The van der Waals surface area contributed by atoms with Crippen LogP contribution < -0.4 is 4.74 Å². The maximum Gasteiger partial charge on any atom is 0.257 e. The fourth-order valence-corrected chi connectivity index (χ4v) is 5.19. The Kier molecular flexibility index (Phi) is 8.80. The van der Waals surface area contributed by atoms with Crippen molar-refractivity contribution in [1.82, 2.24) is 9.80 Å². The number of methoxy groups -OCH3 is 1. The van der Waals surface area contributed by atoms with E-state index in [1.165, 1.54) is 0 Å². The average Bonchev–Trinajstić information content (AvgIpc) is 2.92. The minimum absolute atomic E-state index is 0.0159. The summed E-state index contributed by atoms with van der Waals surface area (Å²) in [5.41, 5.74) is 1.64. The van der Waals surface area contributed by atoms with Gasteiger partial charge in [0.25, 0.3) is 5.91 Å². The number of ether oxygens (including phenoxy) is 3. The van der Waals surface area contributed by atoms with Crippen LogP contribution in [-0.4, -0.2) is 80.8 Å². The molecule has 196 valence electrons. The fourth-order valence-electron chi connectivity index (χ4n) is 5.19. The molecule has 0 radical (unpaired) electrons. The second-order valence-corrected chi connectivity index (χ2v) is 9.85. The molecule has 0 saturated carbocycles. The van der Waals surface area contributed by atoms with Crippen molar-refractivity contribution in [1.29, 1.82) is 5.26 Å². The van der Waals surface area contributed by atoms with E-state index in [0.29, 0.717) is 43.0 Å². The number of likely N-dealkylation sites (N-methyl/N-ethyl adjacent to an activating group) is 2. The number of fused-ring (bicyclic) bond motifs is 3. The Balaban J connectivity index is 1.69. The molecule has 4 rings (SSSR count). The molecule has 1 fully saturated rings. The van der Waals surface area contributed by atoms with Gasteiger partial charge >= 0.3 is 0 Å². The Bertz CT molecular complexity index is 1130. The van der Waals surface area contributed by atoms with Crippen LogP contribution in [0.5, 0.6) is 5.75 Å². The molecule has 37 heavy (non-hydrogen) atoms. The number of carbonyl (C=O) groups excluding carboxylic acids is 2. The van der Waals surface area contributed by atoms with Crippen LogP contribution in [0.3, 0.4) is 0 Å². The lowest BCUT2D eigenvalue weighted by Gasteiger charge is -2.38. The van der Waals surface area contributed by atoms with Gasteiger partial charge in [-0.05, 0) is 30.5 Å². The summed E-state index contributed by atoms with van der Waals surface area (Å²) < 4.78 is 18.1. The maximum atomic E-state index is 13.6. The van der Waals surface area contributed by atoms with Crippen molar-refractivity contribution in [3.63, 3.8) is 0 Å². The van der Waals surface area contributed by atoms with E-state index in [1.807, 2.05) is 30.3 Å². The molecule has 8 heteroatoms.